The first-order chi connectivity index (χ1) is 6.38. The van der Waals surface area contributed by atoms with Crippen LogP contribution in [0.2, 0.25) is 0 Å². The second kappa shape index (κ2) is 3.62. The van der Waals surface area contributed by atoms with Crippen molar-refractivity contribution in [2.45, 2.75) is 0 Å². The predicted molar refractivity (Wildman–Crippen MR) is 50.0 cm³/mol. The Balaban J connectivity index is 2.04. The number of hydrogen-bond acceptors (Lipinski definition) is 3. The summed E-state index contributed by atoms with van der Waals surface area (Å²) in [6, 6.07) is 3.64. The Morgan fingerprint density at radius 1 is 1.46 bits per heavy atom. The van der Waals surface area contributed by atoms with E-state index in [4.69, 9.17) is 9.83 Å². The van der Waals surface area contributed by atoms with Crippen LogP contribution in [0.5, 0.6) is 0 Å². The molecule has 0 spiro atoms. The quantitative estimate of drug-likeness (QED) is 0.488. The van der Waals surface area contributed by atoms with Gasteiger partial charge < -0.3 is 14.6 Å². The highest BCUT2D eigenvalue weighted by Gasteiger charge is 2.15. The lowest BCUT2D eigenvalue weighted by atomic mass is 10.3. The van der Waals surface area contributed by atoms with Crippen molar-refractivity contribution in [1.82, 2.24) is 10.2 Å². The maximum absolute atomic E-state index is 7.85. The largest absolute Gasteiger partial charge is 0.461 e. The van der Waals surface area contributed by atoms with Gasteiger partial charge in [0.1, 0.15) is 0 Å². The Labute approximate surface area is 77.0 Å². The maximum atomic E-state index is 7.85. The minimum absolute atomic E-state index is 0.492. The fraction of sp³-hybridized carbons (Fsp3) is 0.444. The molecule has 70 valence electrons. The number of nitrogens with one attached hydrogen (secondary N) is 2. The van der Waals surface area contributed by atoms with Gasteiger partial charge in [0.15, 0.2) is 11.6 Å². The van der Waals surface area contributed by atoms with Crippen molar-refractivity contribution in [2.75, 3.05) is 26.2 Å². The number of amidine groups is 1. The fourth-order valence-electron chi connectivity index (χ4n) is 1.46. The van der Waals surface area contributed by atoms with Gasteiger partial charge in [0.05, 0.1) is 6.26 Å². The SMILES string of the molecule is N=C(c1ccco1)N1CCNCC1. The lowest BCUT2D eigenvalue weighted by molar-refractivity contribution is 0.349. The summed E-state index contributed by atoms with van der Waals surface area (Å²) in [7, 11) is 0. The highest BCUT2D eigenvalue weighted by molar-refractivity contribution is 5.93. The summed E-state index contributed by atoms with van der Waals surface area (Å²) in [6.07, 6.45) is 1.60. The zero-order valence-corrected chi connectivity index (χ0v) is 7.42. The van der Waals surface area contributed by atoms with E-state index in [0.29, 0.717) is 11.6 Å². The van der Waals surface area contributed by atoms with Crippen molar-refractivity contribution < 1.29 is 4.42 Å². The first kappa shape index (κ1) is 8.31. The van der Waals surface area contributed by atoms with Gasteiger partial charge in [-0.3, -0.25) is 5.41 Å². The predicted octanol–water partition coefficient (Wildman–Crippen LogP) is 0.510. The van der Waals surface area contributed by atoms with E-state index < -0.39 is 0 Å². The molecule has 1 saturated heterocycles. The van der Waals surface area contributed by atoms with Crippen LogP contribution in [-0.4, -0.2) is 36.9 Å². The maximum Gasteiger partial charge on any atom is 0.168 e. The molecule has 0 saturated carbocycles. The van der Waals surface area contributed by atoms with Gasteiger partial charge in [-0.25, -0.2) is 0 Å². The number of piperazine rings is 1. The molecule has 2 heterocycles. The minimum Gasteiger partial charge on any atom is -0.461 e. The molecule has 4 nitrogen and oxygen atoms in total. The molecule has 2 N–H and O–H groups in total. The van der Waals surface area contributed by atoms with E-state index in [-0.39, 0.29) is 0 Å². The van der Waals surface area contributed by atoms with Gasteiger partial charge in [-0.2, -0.15) is 0 Å². The lowest BCUT2D eigenvalue weighted by Crippen LogP contribution is -2.46. The van der Waals surface area contributed by atoms with Crippen LogP contribution in [0.15, 0.2) is 22.8 Å². The van der Waals surface area contributed by atoms with Crippen LogP contribution in [0.3, 0.4) is 0 Å². The van der Waals surface area contributed by atoms with Crippen LogP contribution in [0.4, 0.5) is 0 Å². The van der Waals surface area contributed by atoms with Gasteiger partial charge in [-0.15, -0.1) is 0 Å². The molecule has 13 heavy (non-hydrogen) atoms. The molecule has 0 radical (unpaired) electrons. The molecule has 2 rings (SSSR count). The van der Waals surface area contributed by atoms with E-state index >= 15 is 0 Å². The molecule has 0 aliphatic carbocycles. The van der Waals surface area contributed by atoms with E-state index in [0.717, 1.165) is 26.2 Å². The number of rotatable bonds is 1. The van der Waals surface area contributed by atoms with Gasteiger partial charge in [0.25, 0.3) is 0 Å². The molecule has 1 fully saturated rings. The van der Waals surface area contributed by atoms with Crippen LogP contribution in [0, 0.1) is 5.41 Å². The molecule has 0 atom stereocenters. The van der Waals surface area contributed by atoms with Crippen LogP contribution < -0.4 is 5.32 Å². The van der Waals surface area contributed by atoms with Gasteiger partial charge in [0, 0.05) is 26.2 Å². The van der Waals surface area contributed by atoms with Crippen molar-refractivity contribution in [3.63, 3.8) is 0 Å². The summed E-state index contributed by atoms with van der Waals surface area (Å²) >= 11 is 0. The first-order valence-corrected chi connectivity index (χ1v) is 4.46. The second-order valence-electron chi connectivity index (χ2n) is 3.06. The van der Waals surface area contributed by atoms with E-state index in [1.54, 1.807) is 6.26 Å². The van der Waals surface area contributed by atoms with Gasteiger partial charge in [0.2, 0.25) is 0 Å². The topological polar surface area (TPSA) is 52.3 Å². The Hall–Kier alpha value is -1.29. The van der Waals surface area contributed by atoms with Crippen LogP contribution in [-0.2, 0) is 0 Å². The number of furan rings is 1. The van der Waals surface area contributed by atoms with Crippen LogP contribution >= 0.6 is 0 Å². The first-order valence-electron chi connectivity index (χ1n) is 4.46. The van der Waals surface area contributed by atoms with Gasteiger partial charge >= 0.3 is 0 Å². The third kappa shape index (κ3) is 1.72. The minimum atomic E-state index is 0.492. The average Bonchev–Trinajstić information content (AvgIpc) is 2.71. The lowest BCUT2D eigenvalue weighted by Gasteiger charge is -2.28. The molecule has 0 bridgehead atoms. The van der Waals surface area contributed by atoms with Gasteiger partial charge in [-0.05, 0) is 12.1 Å². The zero-order chi connectivity index (χ0) is 9.10. The van der Waals surface area contributed by atoms with Gasteiger partial charge in [-0.1, -0.05) is 0 Å². The van der Waals surface area contributed by atoms with Crippen molar-refractivity contribution >= 4 is 5.84 Å². The summed E-state index contributed by atoms with van der Waals surface area (Å²) in [6.45, 7) is 3.67. The van der Waals surface area contributed by atoms with Crippen LogP contribution in [0.25, 0.3) is 0 Å². The van der Waals surface area contributed by atoms with Crippen LogP contribution in [0.1, 0.15) is 5.76 Å². The summed E-state index contributed by atoms with van der Waals surface area (Å²) in [5.41, 5.74) is 0. The van der Waals surface area contributed by atoms with Crippen molar-refractivity contribution in [3.05, 3.63) is 24.2 Å². The third-order valence-corrected chi connectivity index (χ3v) is 2.19. The molecule has 0 amide bonds. The summed E-state index contributed by atoms with van der Waals surface area (Å²) < 4.78 is 5.16. The fourth-order valence-corrected chi connectivity index (χ4v) is 1.46. The van der Waals surface area contributed by atoms with Crippen molar-refractivity contribution in [3.8, 4) is 0 Å². The molecule has 1 aromatic rings. The van der Waals surface area contributed by atoms with E-state index in [1.807, 2.05) is 17.0 Å². The highest BCUT2D eigenvalue weighted by atomic mass is 16.3. The highest BCUT2D eigenvalue weighted by Crippen LogP contribution is 2.05. The van der Waals surface area contributed by atoms with E-state index in [2.05, 4.69) is 5.32 Å². The monoisotopic (exact) mass is 179 g/mol. The Kier molecular flexibility index (Phi) is 2.31. The molecule has 1 aliphatic heterocycles. The summed E-state index contributed by atoms with van der Waals surface area (Å²) in [4.78, 5) is 2.02. The zero-order valence-electron chi connectivity index (χ0n) is 7.42. The van der Waals surface area contributed by atoms with Crippen molar-refractivity contribution in [2.24, 2.45) is 0 Å². The molecular weight excluding hydrogens is 166 g/mol. The molecule has 4 heteroatoms. The summed E-state index contributed by atoms with van der Waals surface area (Å²) in [5, 5.41) is 11.1. The van der Waals surface area contributed by atoms with E-state index in [9.17, 15) is 0 Å². The summed E-state index contributed by atoms with van der Waals surface area (Å²) in [5.74, 6) is 1.15. The number of nitrogens with zero attached hydrogens (tertiary/aromatic N) is 1. The second-order valence-corrected chi connectivity index (χ2v) is 3.06. The standard InChI is InChI=1S/C9H13N3O/c10-9(8-2-1-7-13-8)12-5-3-11-4-6-12/h1-2,7,10-11H,3-6H2. The van der Waals surface area contributed by atoms with Crippen molar-refractivity contribution in [1.29, 1.82) is 5.41 Å². The Morgan fingerprint density at radius 2 is 2.23 bits per heavy atom. The molecule has 1 aliphatic rings. The molecule has 0 unspecified atom stereocenters. The third-order valence-electron chi connectivity index (χ3n) is 2.19. The molecular formula is C9H13N3O. The average molecular weight is 179 g/mol. The molecule has 1 aromatic heterocycles. The normalized spacial score (nSPS) is 17.4. The number of hydrogen-bond donors (Lipinski definition) is 2. The smallest absolute Gasteiger partial charge is 0.168 e. The molecule has 0 aromatic carbocycles. The van der Waals surface area contributed by atoms with E-state index in [1.165, 1.54) is 0 Å². The Morgan fingerprint density at radius 3 is 2.85 bits per heavy atom. The Bertz CT molecular complexity index is 275.